The summed E-state index contributed by atoms with van der Waals surface area (Å²) in [6, 6.07) is 1.94. The highest BCUT2D eigenvalue weighted by Gasteiger charge is 2.54. The van der Waals surface area contributed by atoms with Gasteiger partial charge in [-0.05, 0) is 63.2 Å². The van der Waals surface area contributed by atoms with Crippen molar-refractivity contribution in [3.63, 3.8) is 0 Å². The first-order valence-electron chi connectivity index (χ1n) is 8.33. The van der Waals surface area contributed by atoms with Gasteiger partial charge in [0.15, 0.2) is 0 Å². The van der Waals surface area contributed by atoms with E-state index >= 15 is 0 Å². The predicted molar refractivity (Wildman–Crippen MR) is 78.6 cm³/mol. The summed E-state index contributed by atoms with van der Waals surface area (Å²) in [4.78, 5) is 12.7. The lowest BCUT2D eigenvalue weighted by molar-refractivity contribution is -0.146. The van der Waals surface area contributed by atoms with E-state index in [1.54, 1.807) is 0 Å². The molecule has 0 unspecified atom stereocenters. The Kier molecular flexibility index (Phi) is 3.09. The lowest BCUT2D eigenvalue weighted by atomic mass is 9.49. The Labute approximate surface area is 125 Å². The molecular formula is C17H24N2O2. The number of hydrogen-bond acceptors (Lipinski definition) is 3. The van der Waals surface area contributed by atoms with Gasteiger partial charge < -0.3 is 9.84 Å². The van der Waals surface area contributed by atoms with Crippen LogP contribution in [0.25, 0.3) is 0 Å². The summed E-state index contributed by atoms with van der Waals surface area (Å²) in [5.41, 5.74) is 0.865. The fourth-order valence-electron chi connectivity index (χ4n) is 5.41. The van der Waals surface area contributed by atoms with Crippen LogP contribution in [0.4, 0.5) is 0 Å². The average molecular weight is 288 g/mol. The van der Waals surface area contributed by atoms with Gasteiger partial charge in [-0.25, -0.2) is 0 Å². The van der Waals surface area contributed by atoms with E-state index < -0.39 is 0 Å². The Morgan fingerprint density at radius 2 is 1.90 bits per heavy atom. The molecule has 1 N–H and O–H groups in total. The zero-order valence-corrected chi connectivity index (χ0v) is 12.7. The smallest absolute Gasteiger partial charge is 0.226 e. The average Bonchev–Trinajstić information content (AvgIpc) is 2.83. The summed E-state index contributed by atoms with van der Waals surface area (Å²) in [5.74, 6) is 3.62. The fourth-order valence-corrected chi connectivity index (χ4v) is 5.41. The SMILES string of the molecule is Cc1cc(CCNC(=O)C23CC4CC(CC(C4)C2)C3)on1. The summed E-state index contributed by atoms with van der Waals surface area (Å²) in [7, 11) is 0. The zero-order valence-electron chi connectivity index (χ0n) is 12.7. The molecule has 0 aliphatic heterocycles. The van der Waals surface area contributed by atoms with Crippen LogP contribution in [0.15, 0.2) is 10.6 Å². The molecule has 4 heteroatoms. The number of hydrogen-bond donors (Lipinski definition) is 1. The zero-order chi connectivity index (χ0) is 14.4. The third-order valence-electron chi connectivity index (χ3n) is 5.85. The molecule has 0 atom stereocenters. The van der Waals surface area contributed by atoms with Crippen LogP contribution < -0.4 is 5.32 Å². The van der Waals surface area contributed by atoms with Gasteiger partial charge in [0, 0.05) is 24.4 Å². The molecule has 0 aromatic carbocycles. The molecule has 5 rings (SSSR count). The molecule has 21 heavy (non-hydrogen) atoms. The molecule has 1 amide bonds. The van der Waals surface area contributed by atoms with E-state index in [0.717, 1.165) is 54.9 Å². The number of carbonyl (C=O) groups excluding carboxylic acids is 1. The van der Waals surface area contributed by atoms with E-state index in [2.05, 4.69) is 10.5 Å². The van der Waals surface area contributed by atoms with Gasteiger partial charge in [0.1, 0.15) is 5.76 Å². The maximum Gasteiger partial charge on any atom is 0.226 e. The van der Waals surface area contributed by atoms with Crippen LogP contribution >= 0.6 is 0 Å². The van der Waals surface area contributed by atoms with Gasteiger partial charge in [-0.2, -0.15) is 0 Å². The molecule has 4 aliphatic carbocycles. The summed E-state index contributed by atoms with van der Waals surface area (Å²) < 4.78 is 5.19. The largest absolute Gasteiger partial charge is 0.361 e. The van der Waals surface area contributed by atoms with Crippen LogP contribution in [-0.2, 0) is 11.2 Å². The van der Waals surface area contributed by atoms with Gasteiger partial charge >= 0.3 is 0 Å². The van der Waals surface area contributed by atoms with E-state index in [1.165, 1.54) is 19.3 Å². The number of nitrogens with one attached hydrogen (secondary N) is 1. The number of carbonyl (C=O) groups is 1. The van der Waals surface area contributed by atoms with Crippen LogP contribution in [0.1, 0.15) is 50.0 Å². The van der Waals surface area contributed by atoms with E-state index in [9.17, 15) is 4.79 Å². The number of amides is 1. The molecule has 4 nitrogen and oxygen atoms in total. The second kappa shape index (κ2) is 4.85. The molecule has 1 heterocycles. The quantitative estimate of drug-likeness (QED) is 0.927. The van der Waals surface area contributed by atoms with Crippen molar-refractivity contribution in [2.45, 2.75) is 51.9 Å². The monoisotopic (exact) mass is 288 g/mol. The normalized spacial score (nSPS) is 36.9. The Morgan fingerprint density at radius 1 is 1.29 bits per heavy atom. The molecule has 4 bridgehead atoms. The minimum absolute atomic E-state index is 0.0356. The lowest BCUT2D eigenvalue weighted by Gasteiger charge is -2.55. The van der Waals surface area contributed by atoms with Gasteiger partial charge in [0.25, 0.3) is 0 Å². The van der Waals surface area contributed by atoms with Gasteiger partial charge in [-0.15, -0.1) is 0 Å². The van der Waals surface area contributed by atoms with Crippen LogP contribution in [0.2, 0.25) is 0 Å². The van der Waals surface area contributed by atoms with Crippen molar-refractivity contribution >= 4 is 5.91 Å². The van der Waals surface area contributed by atoms with Crippen molar-refractivity contribution < 1.29 is 9.32 Å². The van der Waals surface area contributed by atoms with Crippen LogP contribution in [-0.4, -0.2) is 17.6 Å². The van der Waals surface area contributed by atoms with Crippen molar-refractivity contribution in [2.24, 2.45) is 23.2 Å². The molecular weight excluding hydrogens is 264 g/mol. The molecule has 4 fully saturated rings. The Morgan fingerprint density at radius 3 is 2.43 bits per heavy atom. The number of aryl methyl sites for hydroxylation is 1. The second-order valence-corrected chi connectivity index (χ2v) is 7.64. The Bertz CT molecular complexity index is 513. The van der Waals surface area contributed by atoms with Gasteiger partial charge in [0.05, 0.1) is 5.69 Å². The topological polar surface area (TPSA) is 55.1 Å². The number of aromatic nitrogens is 1. The van der Waals surface area contributed by atoms with Crippen molar-refractivity contribution in [3.05, 3.63) is 17.5 Å². The first-order valence-corrected chi connectivity index (χ1v) is 8.33. The number of rotatable bonds is 4. The highest BCUT2D eigenvalue weighted by molar-refractivity contribution is 5.83. The summed E-state index contributed by atoms with van der Waals surface area (Å²) in [6.07, 6.45) is 8.27. The third kappa shape index (κ3) is 2.39. The maximum atomic E-state index is 12.7. The number of nitrogens with zero attached hydrogens (tertiary/aromatic N) is 1. The lowest BCUT2D eigenvalue weighted by Crippen LogP contribution is -2.53. The minimum atomic E-state index is -0.0356. The molecule has 4 aliphatic rings. The fraction of sp³-hybridized carbons (Fsp3) is 0.765. The minimum Gasteiger partial charge on any atom is -0.361 e. The summed E-state index contributed by atoms with van der Waals surface area (Å²) >= 11 is 0. The first-order chi connectivity index (χ1) is 10.1. The van der Waals surface area contributed by atoms with Crippen molar-refractivity contribution in [1.29, 1.82) is 0 Å². The highest BCUT2D eigenvalue weighted by atomic mass is 16.5. The standard InChI is InChI=1S/C17H24N2O2/c1-11-4-15(21-19-11)2-3-18-16(20)17-8-12-5-13(9-17)7-14(6-12)10-17/h4,12-14H,2-3,5-10H2,1H3,(H,18,20). The van der Waals surface area contributed by atoms with E-state index in [0.29, 0.717) is 12.5 Å². The van der Waals surface area contributed by atoms with Crippen molar-refractivity contribution in [1.82, 2.24) is 10.5 Å². The van der Waals surface area contributed by atoms with E-state index in [1.807, 2.05) is 13.0 Å². The van der Waals surface area contributed by atoms with Gasteiger partial charge in [0.2, 0.25) is 5.91 Å². The molecule has 1 aromatic heterocycles. The van der Waals surface area contributed by atoms with Crippen molar-refractivity contribution in [3.8, 4) is 0 Å². The Balaban J connectivity index is 1.36. The third-order valence-corrected chi connectivity index (χ3v) is 5.85. The van der Waals surface area contributed by atoms with E-state index in [4.69, 9.17) is 4.52 Å². The molecule has 1 aromatic rings. The van der Waals surface area contributed by atoms with Crippen LogP contribution in [0.5, 0.6) is 0 Å². The molecule has 0 radical (unpaired) electrons. The van der Waals surface area contributed by atoms with Crippen molar-refractivity contribution in [2.75, 3.05) is 6.54 Å². The summed E-state index contributed by atoms with van der Waals surface area (Å²) in [5, 5.41) is 7.05. The Hall–Kier alpha value is -1.32. The van der Waals surface area contributed by atoms with Gasteiger partial charge in [-0.1, -0.05) is 5.16 Å². The molecule has 0 saturated heterocycles. The molecule has 114 valence electrons. The maximum absolute atomic E-state index is 12.7. The second-order valence-electron chi connectivity index (χ2n) is 7.64. The highest BCUT2D eigenvalue weighted by Crippen LogP contribution is 2.60. The molecule has 0 spiro atoms. The predicted octanol–water partition coefficient (Wildman–Crippen LogP) is 2.86. The van der Waals surface area contributed by atoms with Gasteiger partial charge in [-0.3, -0.25) is 4.79 Å². The van der Waals surface area contributed by atoms with E-state index in [-0.39, 0.29) is 5.41 Å². The van der Waals surface area contributed by atoms with Crippen LogP contribution in [0, 0.1) is 30.1 Å². The summed E-state index contributed by atoms with van der Waals surface area (Å²) in [6.45, 7) is 2.58. The first kappa shape index (κ1) is 13.4. The van der Waals surface area contributed by atoms with Crippen LogP contribution in [0.3, 0.4) is 0 Å². The molecule has 4 saturated carbocycles.